The molecular formula is C30H27F3N6O8. The molecule has 2 aromatic carbocycles. The molecule has 4 rings (SSSR count). The molecule has 1 atom stereocenters. The maximum atomic E-state index is 13.4. The van der Waals surface area contributed by atoms with Crippen LogP contribution in [0.5, 0.6) is 5.88 Å². The van der Waals surface area contributed by atoms with Crippen LogP contribution >= 0.6 is 0 Å². The zero-order valence-electron chi connectivity index (χ0n) is 24.6. The third kappa shape index (κ3) is 9.25. The molecule has 0 aliphatic carbocycles. The van der Waals surface area contributed by atoms with E-state index < -0.39 is 72.7 Å². The van der Waals surface area contributed by atoms with Crippen LogP contribution in [-0.2, 0) is 38.4 Å². The van der Waals surface area contributed by atoms with E-state index in [1.165, 1.54) is 19.1 Å². The van der Waals surface area contributed by atoms with Gasteiger partial charge in [0.15, 0.2) is 18.1 Å². The Labute approximate surface area is 263 Å². The predicted molar refractivity (Wildman–Crippen MR) is 157 cm³/mol. The molecule has 2 amide bonds. The zero-order chi connectivity index (χ0) is 34.1. The summed E-state index contributed by atoms with van der Waals surface area (Å²) >= 11 is 0. The van der Waals surface area contributed by atoms with E-state index in [4.69, 9.17) is 9.47 Å². The van der Waals surface area contributed by atoms with Crippen molar-refractivity contribution in [2.45, 2.75) is 38.7 Å². The summed E-state index contributed by atoms with van der Waals surface area (Å²) in [7, 11) is 0. The summed E-state index contributed by atoms with van der Waals surface area (Å²) in [6.45, 7) is -0.348. The number of aryl methyl sites for hydroxylation is 1. The van der Waals surface area contributed by atoms with Gasteiger partial charge in [-0.2, -0.15) is 18.3 Å². The molecule has 0 bridgehead atoms. The number of carbonyl (C=O) groups excluding carboxylic acids is 3. The van der Waals surface area contributed by atoms with E-state index in [1.807, 2.05) is 0 Å². The number of anilines is 1. The normalized spacial score (nSPS) is 11.7. The third-order valence-electron chi connectivity index (χ3n) is 6.43. The number of hydrogen-bond donors (Lipinski definition) is 3. The third-order valence-corrected chi connectivity index (χ3v) is 6.43. The lowest BCUT2D eigenvalue weighted by Crippen LogP contribution is -2.46. The molecule has 0 saturated carbocycles. The molecule has 47 heavy (non-hydrogen) atoms. The van der Waals surface area contributed by atoms with Crippen LogP contribution in [0.4, 0.5) is 23.7 Å². The van der Waals surface area contributed by atoms with E-state index in [0.29, 0.717) is 11.6 Å². The number of carboxylic acid groups (broad SMARTS) is 1. The molecule has 0 radical (unpaired) electrons. The molecule has 4 aromatic rings. The number of halogens is 3. The van der Waals surface area contributed by atoms with E-state index in [9.17, 15) is 42.3 Å². The van der Waals surface area contributed by atoms with Gasteiger partial charge in [-0.3, -0.25) is 29.1 Å². The number of para-hydroxylation sites is 1. The number of nitrogens with zero attached hydrogens (tertiary/aromatic N) is 4. The largest absolute Gasteiger partial charge is 0.481 e. The summed E-state index contributed by atoms with van der Waals surface area (Å²) in [4.78, 5) is 66.6. The van der Waals surface area contributed by atoms with Crippen LogP contribution in [0.2, 0.25) is 0 Å². The lowest BCUT2D eigenvalue weighted by Gasteiger charge is -2.18. The highest BCUT2D eigenvalue weighted by atomic mass is 19.4. The number of alkyl halides is 3. The lowest BCUT2D eigenvalue weighted by molar-refractivity contribution is -0.141. The van der Waals surface area contributed by atoms with Crippen molar-refractivity contribution in [3.8, 4) is 11.6 Å². The quantitative estimate of drug-likeness (QED) is 0.193. The first-order valence-electron chi connectivity index (χ1n) is 13.8. The summed E-state index contributed by atoms with van der Waals surface area (Å²) in [5.74, 6) is -3.86. The Bertz CT molecular complexity index is 1810. The Morgan fingerprint density at radius 1 is 1.02 bits per heavy atom. The molecule has 2 aromatic heterocycles. The number of ether oxygens (including phenoxy) is 2. The van der Waals surface area contributed by atoms with Gasteiger partial charge in [0.25, 0.3) is 5.56 Å². The molecule has 0 aliphatic rings. The molecule has 0 fully saturated rings. The van der Waals surface area contributed by atoms with Gasteiger partial charge in [-0.05, 0) is 24.6 Å². The van der Waals surface area contributed by atoms with Crippen molar-refractivity contribution in [1.29, 1.82) is 0 Å². The maximum Gasteiger partial charge on any atom is 0.435 e. The molecule has 3 N–H and O–H groups in total. The molecule has 1 unspecified atom stereocenters. The number of benzene rings is 2. The van der Waals surface area contributed by atoms with Crippen molar-refractivity contribution in [2.75, 3.05) is 11.9 Å². The first kappa shape index (κ1) is 33.9. The minimum absolute atomic E-state index is 0.0486. The average molecular weight is 657 g/mol. The number of amides is 2. The van der Waals surface area contributed by atoms with Gasteiger partial charge in [0.1, 0.15) is 30.7 Å². The first-order chi connectivity index (χ1) is 22.3. The standard InChI is InChI=1S/C30H27F3N6O8/c1-18-34-14-22(36-29(45)47-16-19-8-4-2-5-9-19)28(44)38(18)15-25(41)35-21(12-27(42)43)23(40)17-46-26-13-24(30(31,32)33)37-39(26)20-10-6-3-7-11-20/h2-11,13-14,21H,12,15-17H2,1H3,(H,35,41)(H,36,45)(H,42,43). The Balaban J connectivity index is 1.43. The summed E-state index contributed by atoms with van der Waals surface area (Å²) in [6.07, 6.45) is -5.63. The van der Waals surface area contributed by atoms with Gasteiger partial charge in [0.2, 0.25) is 11.8 Å². The SMILES string of the molecule is Cc1ncc(NC(=O)OCc2ccccc2)c(=O)n1CC(=O)NC(CC(=O)O)C(=O)COc1cc(C(F)(F)F)nn1-c1ccccc1. The van der Waals surface area contributed by atoms with E-state index >= 15 is 0 Å². The van der Waals surface area contributed by atoms with Crippen LogP contribution in [0.3, 0.4) is 0 Å². The topological polar surface area (TPSA) is 184 Å². The van der Waals surface area contributed by atoms with Crippen molar-refractivity contribution < 1.29 is 46.9 Å². The van der Waals surface area contributed by atoms with Crippen molar-refractivity contribution in [3.05, 3.63) is 100 Å². The highest BCUT2D eigenvalue weighted by molar-refractivity contribution is 5.92. The van der Waals surface area contributed by atoms with Crippen molar-refractivity contribution in [1.82, 2.24) is 24.6 Å². The Morgan fingerprint density at radius 2 is 1.68 bits per heavy atom. The fourth-order valence-electron chi connectivity index (χ4n) is 4.13. The molecular weight excluding hydrogens is 629 g/mol. The van der Waals surface area contributed by atoms with E-state index in [-0.39, 0.29) is 23.8 Å². The van der Waals surface area contributed by atoms with Gasteiger partial charge in [0.05, 0.1) is 18.3 Å². The Kier molecular flexibility index (Phi) is 10.7. The van der Waals surface area contributed by atoms with Crippen LogP contribution in [0.15, 0.2) is 77.7 Å². The number of ketones is 1. The minimum atomic E-state index is -4.83. The number of carboxylic acids is 1. The number of aliphatic carboxylic acids is 1. The molecule has 2 heterocycles. The second-order valence-corrected chi connectivity index (χ2v) is 9.88. The van der Waals surface area contributed by atoms with E-state index in [1.54, 1.807) is 48.5 Å². The van der Waals surface area contributed by atoms with Gasteiger partial charge in [-0.1, -0.05) is 48.5 Å². The second-order valence-electron chi connectivity index (χ2n) is 9.88. The number of carbonyl (C=O) groups is 4. The molecule has 246 valence electrons. The number of nitrogens with one attached hydrogen (secondary N) is 2. The second kappa shape index (κ2) is 14.9. The monoisotopic (exact) mass is 656 g/mol. The highest BCUT2D eigenvalue weighted by Gasteiger charge is 2.36. The van der Waals surface area contributed by atoms with Crippen molar-refractivity contribution in [2.24, 2.45) is 0 Å². The van der Waals surface area contributed by atoms with Crippen molar-refractivity contribution >= 4 is 29.4 Å². The molecule has 0 spiro atoms. The van der Waals surface area contributed by atoms with Crippen LogP contribution < -0.4 is 20.9 Å². The van der Waals surface area contributed by atoms with Crippen molar-refractivity contribution in [3.63, 3.8) is 0 Å². The van der Waals surface area contributed by atoms with Crippen LogP contribution in [0, 0.1) is 6.92 Å². The number of Topliss-reactive ketones (excluding diaryl/α,β-unsaturated/α-hetero) is 1. The van der Waals surface area contributed by atoms with Crippen LogP contribution in [-0.4, -0.2) is 60.8 Å². The van der Waals surface area contributed by atoms with Crippen LogP contribution in [0.1, 0.15) is 23.5 Å². The summed E-state index contributed by atoms with van der Waals surface area (Å²) in [5, 5.41) is 17.3. The first-order valence-corrected chi connectivity index (χ1v) is 13.8. The number of rotatable bonds is 13. The van der Waals surface area contributed by atoms with Gasteiger partial charge in [-0.15, -0.1) is 0 Å². The zero-order valence-corrected chi connectivity index (χ0v) is 24.6. The number of aromatic nitrogens is 4. The Morgan fingerprint density at radius 3 is 2.32 bits per heavy atom. The lowest BCUT2D eigenvalue weighted by atomic mass is 10.1. The minimum Gasteiger partial charge on any atom is -0.481 e. The fourth-order valence-corrected chi connectivity index (χ4v) is 4.13. The maximum absolute atomic E-state index is 13.4. The smallest absolute Gasteiger partial charge is 0.435 e. The summed E-state index contributed by atoms with van der Waals surface area (Å²) < 4.78 is 52.2. The van der Waals surface area contributed by atoms with E-state index in [2.05, 4.69) is 20.7 Å². The van der Waals surface area contributed by atoms with Gasteiger partial charge < -0.3 is 19.9 Å². The molecule has 0 saturated heterocycles. The predicted octanol–water partition coefficient (Wildman–Crippen LogP) is 3.11. The molecule has 0 aliphatic heterocycles. The molecule has 14 nitrogen and oxygen atoms in total. The highest BCUT2D eigenvalue weighted by Crippen LogP contribution is 2.32. The van der Waals surface area contributed by atoms with Gasteiger partial charge in [-0.25, -0.2) is 14.5 Å². The summed E-state index contributed by atoms with van der Waals surface area (Å²) in [5.41, 5.74) is -1.57. The fraction of sp³-hybridized carbons (Fsp3) is 0.233. The molecule has 17 heteroatoms. The van der Waals surface area contributed by atoms with Gasteiger partial charge >= 0.3 is 18.2 Å². The summed E-state index contributed by atoms with van der Waals surface area (Å²) in [6, 6.07) is 15.2. The van der Waals surface area contributed by atoms with Crippen LogP contribution in [0.25, 0.3) is 5.69 Å². The number of hydrogen-bond acceptors (Lipinski definition) is 9. The Hall–Kier alpha value is -6.00. The van der Waals surface area contributed by atoms with E-state index in [0.717, 1.165) is 15.4 Å². The van der Waals surface area contributed by atoms with Gasteiger partial charge in [0, 0.05) is 6.07 Å². The average Bonchev–Trinajstić information content (AvgIpc) is 3.48.